The molecule has 2 rings (SSSR count). The van der Waals surface area contributed by atoms with Crippen molar-refractivity contribution in [2.24, 2.45) is 0 Å². The molecule has 0 saturated heterocycles. The zero-order valence-corrected chi connectivity index (χ0v) is 11.2. The Bertz CT molecular complexity index is 493. The topological polar surface area (TPSA) is 21.3 Å². The van der Waals surface area contributed by atoms with Gasteiger partial charge in [0.25, 0.3) is 0 Å². The van der Waals surface area contributed by atoms with Crippen LogP contribution in [0, 0.1) is 0 Å². The van der Waals surface area contributed by atoms with Gasteiger partial charge in [0.2, 0.25) is 0 Å². The fourth-order valence-electron chi connectivity index (χ4n) is 1.82. The molecule has 1 aromatic carbocycles. The summed E-state index contributed by atoms with van der Waals surface area (Å²) < 4.78 is 5.23. The molecule has 1 heterocycles. The van der Waals surface area contributed by atoms with Crippen molar-refractivity contribution >= 4 is 17.0 Å². The van der Waals surface area contributed by atoms with Crippen molar-refractivity contribution in [1.29, 1.82) is 0 Å². The number of thiophene rings is 1. The first kappa shape index (κ1) is 12.7. The summed E-state index contributed by atoms with van der Waals surface area (Å²) in [5.41, 5.74) is 1.06. The minimum Gasteiger partial charge on any atom is -0.497 e. The first-order chi connectivity index (χ1) is 8.83. The third kappa shape index (κ3) is 3.14. The Labute approximate surface area is 112 Å². The highest BCUT2D eigenvalue weighted by Crippen LogP contribution is 2.28. The summed E-state index contributed by atoms with van der Waals surface area (Å²) >= 11 is 1.76. The van der Waals surface area contributed by atoms with Crippen LogP contribution in [0.1, 0.15) is 17.3 Å². The molecule has 0 aliphatic heterocycles. The van der Waals surface area contributed by atoms with Crippen LogP contribution in [0.5, 0.6) is 5.75 Å². The fraction of sp³-hybridized carbons (Fsp3) is 0.200. The molecule has 0 bridgehead atoms. The molecule has 0 aliphatic rings. The first-order valence-corrected chi connectivity index (χ1v) is 6.76. The third-order valence-corrected chi connectivity index (χ3v) is 3.69. The van der Waals surface area contributed by atoms with Crippen LogP contribution in [0.2, 0.25) is 0 Å². The van der Waals surface area contributed by atoms with E-state index in [1.165, 1.54) is 4.88 Å². The van der Waals surface area contributed by atoms with Crippen molar-refractivity contribution in [3.63, 3.8) is 0 Å². The lowest BCUT2D eigenvalue weighted by Crippen LogP contribution is -2.08. The average Bonchev–Trinajstić information content (AvgIpc) is 2.92. The van der Waals surface area contributed by atoms with Gasteiger partial charge < -0.3 is 10.1 Å². The van der Waals surface area contributed by atoms with Crippen LogP contribution >= 0.6 is 11.3 Å². The van der Waals surface area contributed by atoms with E-state index in [-0.39, 0.29) is 6.04 Å². The molecule has 0 spiro atoms. The van der Waals surface area contributed by atoms with E-state index in [4.69, 9.17) is 4.74 Å². The van der Waals surface area contributed by atoms with Crippen molar-refractivity contribution in [3.8, 4) is 5.75 Å². The second kappa shape index (κ2) is 6.26. The lowest BCUT2D eigenvalue weighted by Gasteiger charge is -2.17. The number of ether oxygens (including phenoxy) is 1. The maximum Gasteiger partial charge on any atom is 0.120 e. The second-order valence-corrected chi connectivity index (χ2v) is 4.95. The molecule has 0 aliphatic carbocycles. The quantitative estimate of drug-likeness (QED) is 0.772. The zero-order valence-electron chi connectivity index (χ0n) is 10.4. The average molecular weight is 259 g/mol. The molecule has 0 fully saturated rings. The second-order valence-electron chi connectivity index (χ2n) is 3.97. The van der Waals surface area contributed by atoms with E-state index in [2.05, 4.69) is 29.4 Å². The van der Waals surface area contributed by atoms with Gasteiger partial charge in [-0.15, -0.1) is 17.9 Å². The molecular weight excluding hydrogens is 242 g/mol. The highest BCUT2D eigenvalue weighted by Gasteiger charge is 2.10. The van der Waals surface area contributed by atoms with Crippen molar-refractivity contribution in [3.05, 3.63) is 59.3 Å². The Hall–Kier alpha value is -1.74. The van der Waals surface area contributed by atoms with Crippen LogP contribution in [-0.4, -0.2) is 7.11 Å². The molecule has 1 aromatic heterocycles. The molecule has 3 heteroatoms. The van der Waals surface area contributed by atoms with Gasteiger partial charge in [-0.1, -0.05) is 18.2 Å². The minimum atomic E-state index is 0.273. The molecule has 2 aromatic rings. The fourth-order valence-corrected chi connectivity index (χ4v) is 2.61. The van der Waals surface area contributed by atoms with E-state index < -0.39 is 0 Å². The van der Waals surface area contributed by atoms with Crippen molar-refractivity contribution in [1.82, 2.24) is 0 Å². The largest absolute Gasteiger partial charge is 0.497 e. The van der Waals surface area contributed by atoms with E-state index >= 15 is 0 Å². The molecule has 94 valence electrons. The Morgan fingerprint density at radius 3 is 2.94 bits per heavy atom. The van der Waals surface area contributed by atoms with Gasteiger partial charge in [0.05, 0.1) is 13.2 Å². The standard InChI is InChI=1S/C15H17NOS/c1-3-6-14(15-9-5-10-18-15)16-12-7-4-8-13(11-12)17-2/h3-5,7-11,14,16H,1,6H2,2H3. The summed E-state index contributed by atoms with van der Waals surface area (Å²) in [6, 6.07) is 12.5. The van der Waals surface area contributed by atoms with Crippen molar-refractivity contribution < 1.29 is 4.74 Å². The molecule has 0 amide bonds. The number of hydrogen-bond donors (Lipinski definition) is 1. The van der Waals surface area contributed by atoms with Gasteiger partial charge in [-0.05, 0) is 30.0 Å². The lowest BCUT2D eigenvalue weighted by molar-refractivity contribution is 0.415. The molecule has 2 nitrogen and oxygen atoms in total. The summed E-state index contributed by atoms with van der Waals surface area (Å²) in [6.45, 7) is 3.83. The normalized spacial score (nSPS) is 11.8. The van der Waals surface area contributed by atoms with Gasteiger partial charge in [-0.3, -0.25) is 0 Å². The SMILES string of the molecule is C=CCC(Nc1cccc(OC)c1)c1cccs1. The molecule has 0 radical (unpaired) electrons. The van der Waals surface area contributed by atoms with Crippen LogP contribution in [-0.2, 0) is 0 Å². The summed E-state index contributed by atoms with van der Waals surface area (Å²) in [6.07, 6.45) is 2.84. The van der Waals surface area contributed by atoms with E-state index in [1.807, 2.05) is 30.3 Å². The number of rotatable bonds is 6. The summed E-state index contributed by atoms with van der Waals surface area (Å²) in [5, 5.41) is 5.61. The number of methoxy groups -OCH3 is 1. The smallest absolute Gasteiger partial charge is 0.120 e. The number of benzene rings is 1. The molecule has 1 N–H and O–H groups in total. The van der Waals surface area contributed by atoms with E-state index in [0.717, 1.165) is 17.9 Å². The Morgan fingerprint density at radius 2 is 2.28 bits per heavy atom. The minimum absolute atomic E-state index is 0.273. The number of nitrogens with one attached hydrogen (secondary N) is 1. The Kier molecular flexibility index (Phi) is 4.42. The maximum absolute atomic E-state index is 5.23. The monoisotopic (exact) mass is 259 g/mol. The van der Waals surface area contributed by atoms with Crippen molar-refractivity contribution in [2.45, 2.75) is 12.5 Å². The number of hydrogen-bond acceptors (Lipinski definition) is 3. The van der Waals surface area contributed by atoms with Gasteiger partial charge >= 0.3 is 0 Å². The Morgan fingerprint density at radius 1 is 1.39 bits per heavy atom. The predicted molar refractivity (Wildman–Crippen MR) is 78.5 cm³/mol. The van der Waals surface area contributed by atoms with Gasteiger partial charge in [0.1, 0.15) is 5.75 Å². The van der Waals surface area contributed by atoms with E-state index in [1.54, 1.807) is 18.4 Å². The summed E-state index contributed by atoms with van der Waals surface area (Å²) in [5.74, 6) is 0.864. The first-order valence-electron chi connectivity index (χ1n) is 5.88. The summed E-state index contributed by atoms with van der Waals surface area (Å²) in [7, 11) is 1.68. The van der Waals surface area contributed by atoms with Gasteiger partial charge in [0, 0.05) is 16.6 Å². The van der Waals surface area contributed by atoms with Crippen LogP contribution in [0.15, 0.2) is 54.4 Å². The summed E-state index contributed by atoms with van der Waals surface area (Å²) in [4.78, 5) is 1.32. The van der Waals surface area contributed by atoms with Gasteiger partial charge in [-0.2, -0.15) is 0 Å². The number of anilines is 1. The van der Waals surface area contributed by atoms with E-state index in [9.17, 15) is 0 Å². The molecular formula is C15H17NOS. The molecule has 1 atom stereocenters. The molecule has 1 unspecified atom stereocenters. The van der Waals surface area contributed by atoms with Crippen molar-refractivity contribution in [2.75, 3.05) is 12.4 Å². The van der Waals surface area contributed by atoms with Crippen LogP contribution in [0.25, 0.3) is 0 Å². The van der Waals surface area contributed by atoms with Gasteiger partial charge in [-0.25, -0.2) is 0 Å². The highest BCUT2D eigenvalue weighted by atomic mass is 32.1. The van der Waals surface area contributed by atoms with Crippen LogP contribution in [0.4, 0.5) is 5.69 Å². The molecule has 0 saturated carbocycles. The van der Waals surface area contributed by atoms with Gasteiger partial charge in [0.15, 0.2) is 0 Å². The molecule has 18 heavy (non-hydrogen) atoms. The zero-order chi connectivity index (χ0) is 12.8. The predicted octanol–water partition coefficient (Wildman–Crippen LogP) is 4.49. The lowest BCUT2D eigenvalue weighted by atomic mass is 10.1. The maximum atomic E-state index is 5.23. The highest BCUT2D eigenvalue weighted by molar-refractivity contribution is 7.10. The van der Waals surface area contributed by atoms with Crippen LogP contribution in [0.3, 0.4) is 0 Å². The Balaban J connectivity index is 2.15. The third-order valence-electron chi connectivity index (χ3n) is 2.70. The van der Waals surface area contributed by atoms with Crippen LogP contribution < -0.4 is 10.1 Å². The van der Waals surface area contributed by atoms with E-state index in [0.29, 0.717) is 0 Å².